The SMILES string of the molecule is CC(C)(C)c1ccc([I-]c2ccc(C(C)(C)C)cc2)cc1.FC(F)F. The van der Waals surface area contributed by atoms with Crippen LogP contribution in [0.25, 0.3) is 0 Å². The summed E-state index contributed by atoms with van der Waals surface area (Å²) in [6.45, 7) is 9.93. The summed E-state index contributed by atoms with van der Waals surface area (Å²) in [6.07, 6.45) is 0. The molecule has 0 heterocycles. The summed E-state index contributed by atoms with van der Waals surface area (Å²) in [6, 6.07) is 18.4. The van der Waals surface area contributed by atoms with Crippen LogP contribution in [0.3, 0.4) is 0 Å². The van der Waals surface area contributed by atoms with Crippen molar-refractivity contribution in [3.05, 3.63) is 66.8 Å². The van der Waals surface area contributed by atoms with Crippen LogP contribution in [0.2, 0.25) is 0 Å². The summed E-state index contributed by atoms with van der Waals surface area (Å²) >= 11 is -0.0703. The van der Waals surface area contributed by atoms with Gasteiger partial charge in [-0.2, -0.15) is 13.2 Å². The Morgan fingerprint density at radius 1 is 0.600 bits per heavy atom. The Kier molecular flexibility index (Phi) is 7.97. The standard InChI is InChI=1S/C20H26I.CHF3/c1-19(2,3)15-7-11-17(12-8-15)21-18-13-9-16(10-14-18)20(4,5)6;2-1(3)4/h7-14H,1-6H3;1H/q-1;. The summed E-state index contributed by atoms with van der Waals surface area (Å²) < 4.78 is 32.0. The number of hydrogen-bond acceptors (Lipinski definition) is 0. The van der Waals surface area contributed by atoms with Crippen molar-refractivity contribution in [2.45, 2.75) is 59.1 Å². The molecule has 0 amide bonds. The minimum absolute atomic E-state index is 0.0703. The monoisotopic (exact) mass is 463 g/mol. The molecule has 0 saturated heterocycles. The molecule has 0 aliphatic rings. The van der Waals surface area contributed by atoms with Crippen LogP contribution in [0.4, 0.5) is 13.2 Å². The fraction of sp³-hybridized carbons (Fsp3) is 0.429. The third-order valence-electron chi connectivity index (χ3n) is 3.64. The summed E-state index contributed by atoms with van der Waals surface area (Å²) in [4.78, 5) is 0. The van der Waals surface area contributed by atoms with E-state index >= 15 is 0 Å². The van der Waals surface area contributed by atoms with Gasteiger partial charge >= 0.3 is 147 Å². The first-order chi connectivity index (χ1) is 11.4. The molecule has 0 atom stereocenters. The molecule has 0 aliphatic heterocycles. The summed E-state index contributed by atoms with van der Waals surface area (Å²) in [5.41, 5.74) is 3.31. The molecule has 2 aromatic rings. The Morgan fingerprint density at radius 2 is 0.840 bits per heavy atom. The Bertz CT molecular complexity index is 575. The molecule has 0 nitrogen and oxygen atoms in total. The Morgan fingerprint density at radius 3 is 1.04 bits per heavy atom. The van der Waals surface area contributed by atoms with Gasteiger partial charge in [0.25, 0.3) is 0 Å². The van der Waals surface area contributed by atoms with Crippen LogP contribution in [0.1, 0.15) is 52.7 Å². The molecule has 140 valence electrons. The first-order valence-electron chi connectivity index (χ1n) is 8.18. The fourth-order valence-corrected chi connectivity index (χ4v) is 4.31. The predicted molar refractivity (Wildman–Crippen MR) is 94.8 cm³/mol. The van der Waals surface area contributed by atoms with Gasteiger partial charge in [-0.3, -0.25) is 0 Å². The van der Waals surface area contributed by atoms with Gasteiger partial charge in [0.15, 0.2) is 0 Å². The number of alkyl halides is 3. The van der Waals surface area contributed by atoms with E-state index in [0.29, 0.717) is 0 Å². The molecular weight excluding hydrogens is 436 g/mol. The van der Waals surface area contributed by atoms with E-state index in [1.54, 1.807) is 0 Å². The van der Waals surface area contributed by atoms with Gasteiger partial charge in [0.2, 0.25) is 0 Å². The van der Waals surface area contributed by atoms with E-state index < -0.39 is 6.68 Å². The number of halogens is 4. The average molecular weight is 463 g/mol. The van der Waals surface area contributed by atoms with Crippen molar-refractivity contribution in [1.29, 1.82) is 0 Å². The second kappa shape index (κ2) is 9.06. The van der Waals surface area contributed by atoms with Gasteiger partial charge in [0, 0.05) is 0 Å². The van der Waals surface area contributed by atoms with Crippen molar-refractivity contribution in [2.75, 3.05) is 0 Å². The van der Waals surface area contributed by atoms with E-state index in [-0.39, 0.29) is 32.0 Å². The topological polar surface area (TPSA) is 0 Å². The summed E-state index contributed by atoms with van der Waals surface area (Å²) in [7, 11) is 0. The molecule has 25 heavy (non-hydrogen) atoms. The minimum Gasteiger partial charge on any atom is -0.174 e. The van der Waals surface area contributed by atoms with Gasteiger partial charge in [0.05, 0.1) is 0 Å². The maximum atomic E-state index is 9.67. The molecule has 0 saturated carbocycles. The smallest absolute Gasteiger partial charge is 0.174 e. The zero-order chi connectivity index (χ0) is 19.3. The van der Waals surface area contributed by atoms with Crippen molar-refractivity contribution >= 4 is 0 Å². The normalized spacial score (nSPS) is 12.1. The minimum atomic E-state index is -3.67. The molecule has 0 spiro atoms. The van der Waals surface area contributed by atoms with Crippen molar-refractivity contribution in [3.63, 3.8) is 0 Å². The van der Waals surface area contributed by atoms with Gasteiger partial charge in [-0.25, -0.2) is 0 Å². The average Bonchev–Trinajstić information content (AvgIpc) is 2.46. The molecular formula is C21H27F3I-. The van der Waals surface area contributed by atoms with E-state index in [1.807, 2.05) is 0 Å². The van der Waals surface area contributed by atoms with Crippen LogP contribution < -0.4 is 21.2 Å². The van der Waals surface area contributed by atoms with Crippen LogP contribution in [-0.2, 0) is 10.8 Å². The molecule has 2 aromatic carbocycles. The second-order valence-corrected chi connectivity index (χ2v) is 10.9. The van der Waals surface area contributed by atoms with Gasteiger partial charge in [0.1, 0.15) is 0 Å². The van der Waals surface area contributed by atoms with Crippen LogP contribution in [-0.4, -0.2) is 6.68 Å². The predicted octanol–water partition coefficient (Wildman–Crippen LogP) is 3.59. The molecule has 0 radical (unpaired) electrons. The van der Waals surface area contributed by atoms with Gasteiger partial charge in [-0.05, 0) is 0 Å². The van der Waals surface area contributed by atoms with Gasteiger partial charge in [-0.15, -0.1) is 0 Å². The quantitative estimate of drug-likeness (QED) is 0.598. The van der Waals surface area contributed by atoms with Crippen LogP contribution in [0, 0.1) is 7.14 Å². The van der Waals surface area contributed by atoms with Gasteiger partial charge in [-0.1, -0.05) is 0 Å². The van der Waals surface area contributed by atoms with Crippen LogP contribution in [0.15, 0.2) is 48.5 Å². The Hall–Kier alpha value is -1.04. The third-order valence-corrected chi connectivity index (χ3v) is 6.32. The van der Waals surface area contributed by atoms with Crippen molar-refractivity contribution in [1.82, 2.24) is 0 Å². The van der Waals surface area contributed by atoms with Crippen LogP contribution in [0.5, 0.6) is 0 Å². The number of hydrogen-bond donors (Lipinski definition) is 0. The number of benzene rings is 2. The first-order valence-corrected chi connectivity index (χ1v) is 10.3. The Labute approximate surface area is 160 Å². The molecule has 0 fully saturated rings. The summed E-state index contributed by atoms with van der Waals surface area (Å²) in [5, 5.41) is 0. The van der Waals surface area contributed by atoms with Crippen LogP contribution >= 0.6 is 0 Å². The molecule has 0 aromatic heterocycles. The summed E-state index contributed by atoms with van der Waals surface area (Å²) in [5.74, 6) is 0. The molecule has 0 bridgehead atoms. The van der Waals surface area contributed by atoms with E-state index in [2.05, 4.69) is 90.1 Å². The van der Waals surface area contributed by atoms with Gasteiger partial charge < -0.3 is 0 Å². The largest absolute Gasteiger partial charge is 0.379 e. The van der Waals surface area contributed by atoms with E-state index in [4.69, 9.17) is 0 Å². The van der Waals surface area contributed by atoms with Crippen molar-refractivity contribution < 1.29 is 34.4 Å². The van der Waals surface area contributed by atoms with Crippen molar-refractivity contribution in [3.8, 4) is 0 Å². The van der Waals surface area contributed by atoms with E-state index in [9.17, 15) is 13.2 Å². The number of rotatable bonds is 2. The second-order valence-electron chi connectivity index (χ2n) is 7.86. The van der Waals surface area contributed by atoms with Crippen molar-refractivity contribution in [2.24, 2.45) is 0 Å². The third kappa shape index (κ3) is 8.25. The first kappa shape index (κ1) is 22.0. The molecule has 2 rings (SSSR count). The molecule has 0 N–H and O–H groups in total. The molecule has 0 unspecified atom stereocenters. The maximum Gasteiger partial charge on any atom is 0.379 e. The van der Waals surface area contributed by atoms with E-state index in [1.165, 1.54) is 18.3 Å². The fourth-order valence-electron chi connectivity index (χ4n) is 2.15. The molecule has 4 heteroatoms. The van der Waals surface area contributed by atoms with E-state index in [0.717, 1.165) is 0 Å². The maximum absolute atomic E-state index is 9.67. The Balaban J connectivity index is 0.000000705. The zero-order valence-corrected chi connectivity index (χ0v) is 17.9. The molecule has 0 aliphatic carbocycles. The zero-order valence-electron chi connectivity index (χ0n) is 15.7.